The largest absolute Gasteiger partial charge is 1.00 e. The number of rotatable bonds is 3. The minimum atomic E-state index is 0. The number of likely N-dealkylation sites (tertiary alicyclic amines) is 1. The van der Waals surface area contributed by atoms with Crippen LogP contribution < -0.4 is 17.0 Å². The summed E-state index contributed by atoms with van der Waals surface area (Å²) in [6.45, 7) is 15.0. The van der Waals surface area contributed by atoms with E-state index in [0.29, 0.717) is 0 Å². The van der Waals surface area contributed by atoms with E-state index in [4.69, 9.17) is 0 Å². The van der Waals surface area contributed by atoms with Gasteiger partial charge in [0, 0.05) is 44.3 Å². The maximum atomic E-state index is 2.61. The summed E-state index contributed by atoms with van der Waals surface area (Å²) in [6, 6.07) is 9.19. The van der Waals surface area contributed by atoms with Crippen LogP contribution in [0, 0.1) is 0 Å². The first-order valence-corrected chi connectivity index (χ1v) is 9.91. The summed E-state index contributed by atoms with van der Waals surface area (Å²) in [7, 11) is 0. The van der Waals surface area contributed by atoms with E-state index in [1.807, 2.05) is 0 Å². The van der Waals surface area contributed by atoms with E-state index < -0.39 is 0 Å². The molecule has 1 aromatic rings. The van der Waals surface area contributed by atoms with Gasteiger partial charge in [0.1, 0.15) is 0 Å². The lowest BCUT2D eigenvalue weighted by Gasteiger charge is -2.36. The lowest BCUT2D eigenvalue weighted by Crippen LogP contribution is -3.00. The number of allylic oxidation sites excluding steroid dienone is 1. The standard InChI is InChI=1S/C23H35N2.BrH/c1-22(2,3)20-11-9-19(10-12-20)18-25-16-13-21(17-23(25,4)5)24-14-7-6-8-15-24;/h9-13,16H,6-8,14-15,17-18H2,1-5H3;1H/q+1;/p-1. The minimum Gasteiger partial charge on any atom is -1.00 e. The molecular weight excluding hydrogens is 384 g/mol. The van der Waals surface area contributed by atoms with Gasteiger partial charge in [0.25, 0.3) is 0 Å². The van der Waals surface area contributed by atoms with Crippen molar-refractivity contribution < 1.29 is 21.6 Å². The SMILES string of the molecule is CC(C)(C)c1ccc(C[N+]2=CC=C(N3CCCCC3)CC2(C)C)cc1.[Br-]. The molecule has 0 amide bonds. The van der Waals surface area contributed by atoms with E-state index in [-0.39, 0.29) is 27.9 Å². The van der Waals surface area contributed by atoms with Crippen molar-refractivity contribution in [3.05, 3.63) is 47.2 Å². The highest BCUT2D eigenvalue weighted by Crippen LogP contribution is 2.29. The van der Waals surface area contributed by atoms with Crippen molar-refractivity contribution in [1.82, 2.24) is 4.90 Å². The molecule has 0 aromatic heterocycles. The third-order valence-electron chi connectivity index (χ3n) is 5.77. The Hall–Kier alpha value is -1.09. The lowest BCUT2D eigenvalue weighted by atomic mass is 9.86. The Morgan fingerprint density at radius 2 is 1.62 bits per heavy atom. The molecule has 0 saturated carbocycles. The van der Waals surface area contributed by atoms with Crippen LogP contribution in [0.3, 0.4) is 0 Å². The first kappa shape index (κ1) is 21.2. The van der Waals surface area contributed by atoms with Crippen LogP contribution in [0.4, 0.5) is 0 Å². The summed E-state index contributed by atoms with van der Waals surface area (Å²) in [5.74, 6) is 0. The number of nitrogens with zero attached hydrogens (tertiary/aromatic N) is 2. The Morgan fingerprint density at radius 3 is 2.15 bits per heavy atom. The van der Waals surface area contributed by atoms with Gasteiger partial charge in [-0.25, -0.2) is 4.58 Å². The smallest absolute Gasteiger partial charge is 0.168 e. The number of hydrogen-bond donors (Lipinski definition) is 0. The van der Waals surface area contributed by atoms with Crippen LogP contribution in [0.15, 0.2) is 36.0 Å². The van der Waals surface area contributed by atoms with Crippen LogP contribution in [0.5, 0.6) is 0 Å². The number of hydrogen-bond acceptors (Lipinski definition) is 1. The van der Waals surface area contributed by atoms with Gasteiger partial charge in [-0.2, -0.15) is 0 Å². The Bertz CT molecular complexity index is 656. The molecule has 0 aliphatic carbocycles. The van der Waals surface area contributed by atoms with Gasteiger partial charge in [0.2, 0.25) is 0 Å². The lowest BCUT2D eigenvalue weighted by molar-refractivity contribution is -0.612. The first-order valence-electron chi connectivity index (χ1n) is 9.91. The van der Waals surface area contributed by atoms with Gasteiger partial charge < -0.3 is 21.9 Å². The van der Waals surface area contributed by atoms with E-state index in [9.17, 15) is 0 Å². The zero-order valence-corrected chi connectivity index (χ0v) is 18.8. The molecule has 3 heteroatoms. The van der Waals surface area contributed by atoms with Crippen molar-refractivity contribution in [3.8, 4) is 0 Å². The van der Waals surface area contributed by atoms with Crippen LogP contribution in [0.2, 0.25) is 0 Å². The van der Waals surface area contributed by atoms with E-state index in [1.54, 1.807) is 0 Å². The predicted octanol–water partition coefficient (Wildman–Crippen LogP) is 2.12. The second kappa shape index (κ2) is 8.29. The topological polar surface area (TPSA) is 6.25 Å². The van der Waals surface area contributed by atoms with Crippen molar-refractivity contribution in [2.75, 3.05) is 13.1 Å². The summed E-state index contributed by atoms with van der Waals surface area (Å²) in [6.07, 6.45) is 9.92. The second-order valence-corrected chi connectivity index (χ2v) is 9.42. The molecule has 0 spiro atoms. The van der Waals surface area contributed by atoms with Crippen molar-refractivity contribution in [3.63, 3.8) is 0 Å². The maximum absolute atomic E-state index is 2.61. The summed E-state index contributed by atoms with van der Waals surface area (Å²) >= 11 is 0. The highest BCUT2D eigenvalue weighted by Gasteiger charge is 2.35. The van der Waals surface area contributed by atoms with Gasteiger partial charge in [-0.1, -0.05) is 45.0 Å². The van der Waals surface area contributed by atoms with Crippen LogP contribution >= 0.6 is 0 Å². The van der Waals surface area contributed by atoms with E-state index in [1.165, 1.54) is 49.2 Å². The van der Waals surface area contributed by atoms with Gasteiger partial charge in [-0.15, -0.1) is 0 Å². The summed E-state index contributed by atoms with van der Waals surface area (Å²) < 4.78 is 2.51. The van der Waals surface area contributed by atoms with Crippen LogP contribution in [0.25, 0.3) is 0 Å². The van der Waals surface area contributed by atoms with E-state index in [0.717, 1.165) is 13.0 Å². The molecule has 144 valence electrons. The Balaban J connectivity index is 0.00000243. The first-order chi connectivity index (χ1) is 11.8. The van der Waals surface area contributed by atoms with Crippen molar-refractivity contribution in [2.24, 2.45) is 0 Å². The predicted molar refractivity (Wildman–Crippen MR) is 107 cm³/mol. The highest BCUT2D eigenvalue weighted by atomic mass is 79.9. The molecular formula is C23H35BrN2. The Kier molecular flexibility index (Phi) is 6.76. The fourth-order valence-corrected chi connectivity index (χ4v) is 3.95. The zero-order chi connectivity index (χ0) is 18.1. The summed E-state index contributed by atoms with van der Waals surface area (Å²) in [4.78, 5) is 2.61. The molecule has 2 aliphatic heterocycles. The molecule has 1 fully saturated rings. The van der Waals surface area contributed by atoms with E-state index in [2.05, 4.69) is 80.7 Å². The fraction of sp³-hybridized carbons (Fsp3) is 0.609. The molecule has 0 unspecified atom stereocenters. The number of benzene rings is 1. The van der Waals surface area contributed by atoms with Gasteiger partial charge in [0.05, 0.1) is 6.42 Å². The molecule has 0 radical (unpaired) electrons. The molecule has 2 heterocycles. The van der Waals surface area contributed by atoms with E-state index >= 15 is 0 Å². The van der Waals surface area contributed by atoms with Gasteiger partial charge in [-0.3, -0.25) is 0 Å². The quantitative estimate of drug-likeness (QED) is 0.681. The minimum absolute atomic E-state index is 0. The second-order valence-electron chi connectivity index (χ2n) is 9.42. The molecule has 2 nitrogen and oxygen atoms in total. The molecule has 1 aromatic carbocycles. The van der Waals surface area contributed by atoms with Crippen molar-refractivity contribution in [1.29, 1.82) is 0 Å². The monoisotopic (exact) mass is 418 g/mol. The summed E-state index contributed by atoms with van der Waals surface area (Å²) in [5, 5.41) is 0. The molecule has 0 bridgehead atoms. The molecule has 2 aliphatic rings. The molecule has 0 N–H and O–H groups in total. The molecule has 3 rings (SSSR count). The molecule has 0 atom stereocenters. The normalized spacial score (nSPS) is 20.1. The molecule has 26 heavy (non-hydrogen) atoms. The average molecular weight is 419 g/mol. The Labute approximate surface area is 170 Å². The van der Waals surface area contributed by atoms with Crippen molar-refractivity contribution >= 4 is 6.21 Å². The van der Waals surface area contributed by atoms with Crippen LogP contribution in [-0.2, 0) is 12.0 Å². The number of piperidine rings is 1. The summed E-state index contributed by atoms with van der Waals surface area (Å²) in [5.41, 5.74) is 4.73. The fourth-order valence-electron chi connectivity index (χ4n) is 3.95. The number of halogens is 1. The zero-order valence-electron chi connectivity index (χ0n) is 17.2. The Morgan fingerprint density at radius 1 is 1.00 bits per heavy atom. The third kappa shape index (κ3) is 5.00. The average Bonchev–Trinajstić information content (AvgIpc) is 2.57. The van der Waals surface area contributed by atoms with Crippen LogP contribution in [0.1, 0.15) is 71.4 Å². The van der Waals surface area contributed by atoms with Crippen molar-refractivity contribution in [2.45, 2.75) is 77.8 Å². The van der Waals surface area contributed by atoms with Crippen LogP contribution in [-0.4, -0.2) is 34.3 Å². The third-order valence-corrected chi connectivity index (χ3v) is 5.77. The van der Waals surface area contributed by atoms with Gasteiger partial charge in [-0.05, 0) is 30.2 Å². The molecule has 1 saturated heterocycles. The maximum Gasteiger partial charge on any atom is 0.168 e. The highest BCUT2D eigenvalue weighted by molar-refractivity contribution is 5.68. The van der Waals surface area contributed by atoms with Gasteiger partial charge >= 0.3 is 0 Å². The van der Waals surface area contributed by atoms with Gasteiger partial charge in [0.15, 0.2) is 18.3 Å².